The summed E-state index contributed by atoms with van der Waals surface area (Å²) in [5.41, 5.74) is 2.51. The van der Waals surface area contributed by atoms with Crippen molar-refractivity contribution in [1.82, 2.24) is 10.2 Å². The Kier molecular flexibility index (Phi) is 6.49. The Hall–Kier alpha value is -1.10. The molecule has 118 valence electrons. The molecular weight excluding hydrogens is 264 g/mol. The number of hydrogen-bond donors (Lipinski definition) is 1. The minimum Gasteiger partial charge on any atom is -0.494 e. The summed E-state index contributed by atoms with van der Waals surface area (Å²) < 4.78 is 11.6. The Balaban J connectivity index is 1.67. The van der Waals surface area contributed by atoms with Crippen LogP contribution in [0.1, 0.15) is 17.5 Å². The summed E-state index contributed by atoms with van der Waals surface area (Å²) in [6.07, 6.45) is 1.38. The number of benzene rings is 1. The number of hydrogen-bond acceptors (Lipinski definition) is 4. The van der Waals surface area contributed by atoms with Crippen LogP contribution in [0.2, 0.25) is 0 Å². The average Bonchev–Trinajstić information content (AvgIpc) is 2.43. The van der Waals surface area contributed by atoms with Crippen molar-refractivity contribution in [2.24, 2.45) is 0 Å². The zero-order valence-corrected chi connectivity index (χ0v) is 13.5. The van der Waals surface area contributed by atoms with E-state index in [-0.39, 0.29) is 0 Å². The molecule has 0 aliphatic carbocycles. The summed E-state index contributed by atoms with van der Waals surface area (Å²) in [4.78, 5) is 2.47. The molecule has 1 saturated heterocycles. The zero-order chi connectivity index (χ0) is 15.1. The Morgan fingerprint density at radius 2 is 2.05 bits per heavy atom. The molecule has 21 heavy (non-hydrogen) atoms. The molecule has 1 atom stereocenters. The van der Waals surface area contributed by atoms with Crippen LogP contribution in [0.4, 0.5) is 0 Å². The van der Waals surface area contributed by atoms with Gasteiger partial charge in [-0.1, -0.05) is 6.07 Å². The fourth-order valence-corrected chi connectivity index (χ4v) is 2.83. The molecule has 1 N–H and O–H groups in total. The van der Waals surface area contributed by atoms with Crippen molar-refractivity contribution in [1.29, 1.82) is 0 Å². The number of likely N-dealkylation sites (N-methyl/N-ethyl adjacent to an activating group) is 1. The van der Waals surface area contributed by atoms with E-state index in [1.807, 2.05) is 7.05 Å². The van der Waals surface area contributed by atoms with Crippen molar-refractivity contribution < 1.29 is 9.47 Å². The van der Waals surface area contributed by atoms with Crippen LogP contribution in [0.25, 0.3) is 0 Å². The molecule has 4 heteroatoms. The highest BCUT2D eigenvalue weighted by Crippen LogP contribution is 2.16. The molecule has 1 fully saturated rings. The van der Waals surface area contributed by atoms with Gasteiger partial charge in [-0.3, -0.25) is 4.90 Å². The largest absolute Gasteiger partial charge is 0.494 e. The van der Waals surface area contributed by atoms with Crippen LogP contribution in [-0.4, -0.2) is 57.4 Å². The maximum atomic E-state index is 5.86. The third-order valence-electron chi connectivity index (χ3n) is 3.74. The van der Waals surface area contributed by atoms with Crippen LogP contribution in [0, 0.1) is 13.8 Å². The minimum atomic E-state index is 0.323. The lowest BCUT2D eigenvalue weighted by Crippen LogP contribution is -2.46. The smallest absolute Gasteiger partial charge is 0.119 e. The van der Waals surface area contributed by atoms with Gasteiger partial charge in [0, 0.05) is 26.2 Å². The second-order valence-electron chi connectivity index (χ2n) is 5.88. The van der Waals surface area contributed by atoms with Gasteiger partial charge in [-0.15, -0.1) is 0 Å². The number of nitrogens with one attached hydrogen (secondary N) is 1. The van der Waals surface area contributed by atoms with E-state index < -0.39 is 0 Å². The van der Waals surface area contributed by atoms with E-state index in [9.17, 15) is 0 Å². The molecule has 1 unspecified atom stereocenters. The molecule has 1 aliphatic heterocycles. The Morgan fingerprint density at radius 3 is 2.76 bits per heavy atom. The quantitative estimate of drug-likeness (QED) is 0.779. The van der Waals surface area contributed by atoms with E-state index in [0.29, 0.717) is 6.10 Å². The standard InChI is InChI=1S/C17H28N2O2/c1-14-9-15(2)11-16(10-14)20-7-4-5-19-6-8-21-17(13-19)12-18-3/h9-11,17-18H,4-8,12-13H2,1-3H3. The number of ether oxygens (including phenoxy) is 2. The molecule has 0 radical (unpaired) electrons. The molecule has 0 spiro atoms. The molecule has 1 aliphatic rings. The first kappa shape index (κ1) is 16.3. The van der Waals surface area contributed by atoms with Gasteiger partial charge in [0.2, 0.25) is 0 Å². The Labute approximate surface area is 128 Å². The molecule has 4 nitrogen and oxygen atoms in total. The van der Waals surface area contributed by atoms with Gasteiger partial charge in [-0.2, -0.15) is 0 Å². The highest BCUT2D eigenvalue weighted by Gasteiger charge is 2.19. The summed E-state index contributed by atoms with van der Waals surface area (Å²) >= 11 is 0. The van der Waals surface area contributed by atoms with Gasteiger partial charge in [-0.25, -0.2) is 0 Å². The molecule has 0 amide bonds. The monoisotopic (exact) mass is 292 g/mol. The van der Waals surface area contributed by atoms with E-state index in [4.69, 9.17) is 9.47 Å². The molecular formula is C17H28N2O2. The van der Waals surface area contributed by atoms with E-state index in [1.165, 1.54) is 11.1 Å². The maximum Gasteiger partial charge on any atom is 0.119 e. The Bertz CT molecular complexity index is 415. The fourth-order valence-electron chi connectivity index (χ4n) is 2.83. The first-order valence-corrected chi connectivity index (χ1v) is 7.87. The van der Waals surface area contributed by atoms with Crippen molar-refractivity contribution in [2.75, 3.05) is 46.4 Å². The van der Waals surface area contributed by atoms with Gasteiger partial charge >= 0.3 is 0 Å². The van der Waals surface area contributed by atoms with Gasteiger partial charge in [0.25, 0.3) is 0 Å². The van der Waals surface area contributed by atoms with E-state index in [0.717, 1.165) is 51.6 Å². The minimum absolute atomic E-state index is 0.323. The highest BCUT2D eigenvalue weighted by molar-refractivity contribution is 5.32. The first-order chi connectivity index (χ1) is 10.2. The van der Waals surface area contributed by atoms with Crippen molar-refractivity contribution in [3.63, 3.8) is 0 Å². The van der Waals surface area contributed by atoms with Crippen molar-refractivity contribution in [2.45, 2.75) is 26.4 Å². The zero-order valence-electron chi connectivity index (χ0n) is 13.5. The summed E-state index contributed by atoms with van der Waals surface area (Å²) in [5, 5.41) is 3.18. The lowest BCUT2D eigenvalue weighted by atomic mass is 10.1. The van der Waals surface area contributed by atoms with Crippen LogP contribution < -0.4 is 10.1 Å². The Morgan fingerprint density at radius 1 is 1.29 bits per heavy atom. The third kappa shape index (κ3) is 5.65. The van der Waals surface area contributed by atoms with Gasteiger partial charge in [0.15, 0.2) is 0 Å². The molecule has 2 rings (SSSR count). The topological polar surface area (TPSA) is 33.7 Å². The van der Waals surface area contributed by atoms with E-state index >= 15 is 0 Å². The summed E-state index contributed by atoms with van der Waals surface area (Å²) in [7, 11) is 1.97. The molecule has 0 bridgehead atoms. The van der Waals surface area contributed by atoms with Crippen LogP contribution in [-0.2, 0) is 4.74 Å². The predicted molar refractivity (Wildman–Crippen MR) is 86.1 cm³/mol. The lowest BCUT2D eigenvalue weighted by Gasteiger charge is -2.32. The third-order valence-corrected chi connectivity index (χ3v) is 3.74. The second kappa shape index (κ2) is 8.37. The molecule has 1 aromatic rings. The van der Waals surface area contributed by atoms with Crippen molar-refractivity contribution >= 4 is 0 Å². The molecule has 1 aromatic carbocycles. The number of morpholine rings is 1. The summed E-state index contributed by atoms with van der Waals surface area (Å²) in [5.74, 6) is 0.988. The first-order valence-electron chi connectivity index (χ1n) is 7.87. The van der Waals surface area contributed by atoms with E-state index in [2.05, 4.69) is 42.3 Å². The van der Waals surface area contributed by atoms with Gasteiger partial charge in [0.1, 0.15) is 5.75 Å². The summed E-state index contributed by atoms with van der Waals surface area (Å²) in [6.45, 7) is 9.88. The number of aryl methyl sites for hydroxylation is 2. The van der Waals surface area contributed by atoms with Crippen LogP contribution in [0.3, 0.4) is 0 Å². The van der Waals surface area contributed by atoms with Crippen LogP contribution >= 0.6 is 0 Å². The fraction of sp³-hybridized carbons (Fsp3) is 0.647. The summed E-state index contributed by atoms with van der Waals surface area (Å²) in [6, 6.07) is 6.37. The normalized spacial score (nSPS) is 19.7. The lowest BCUT2D eigenvalue weighted by molar-refractivity contribution is -0.0272. The van der Waals surface area contributed by atoms with Crippen LogP contribution in [0.15, 0.2) is 18.2 Å². The average molecular weight is 292 g/mol. The van der Waals surface area contributed by atoms with Gasteiger partial charge < -0.3 is 14.8 Å². The maximum absolute atomic E-state index is 5.86. The van der Waals surface area contributed by atoms with E-state index in [1.54, 1.807) is 0 Å². The number of rotatable bonds is 7. The predicted octanol–water partition coefficient (Wildman–Crippen LogP) is 1.99. The highest BCUT2D eigenvalue weighted by atomic mass is 16.5. The van der Waals surface area contributed by atoms with Crippen LogP contribution in [0.5, 0.6) is 5.75 Å². The molecule has 0 saturated carbocycles. The van der Waals surface area contributed by atoms with Gasteiger partial charge in [-0.05, 0) is 50.6 Å². The van der Waals surface area contributed by atoms with Crippen molar-refractivity contribution in [3.8, 4) is 5.75 Å². The van der Waals surface area contributed by atoms with Crippen molar-refractivity contribution in [3.05, 3.63) is 29.3 Å². The second-order valence-corrected chi connectivity index (χ2v) is 5.88. The van der Waals surface area contributed by atoms with Gasteiger partial charge in [0.05, 0.1) is 19.3 Å². The number of nitrogens with zero attached hydrogens (tertiary/aromatic N) is 1. The molecule has 0 aromatic heterocycles. The molecule has 1 heterocycles. The SMILES string of the molecule is CNCC1CN(CCCOc2cc(C)cc(C)c2)CCO1.